The highest BCUT2D eigenvalue weighted by atomic mass is 16.3. The molecule has 324 valence electrons. The summed E-state index contributed by atoms with van der Waals surface area (Å²) in [5, 5.41) is 12.7. The van der Waals surface area contributed by atoms with Gasteiger partial charge in [-0.3, -0.25) is 9.55 Å². The summed E-state index contributed by atoms with van der Waals surface area (Å²) in [5.41, 5.74) is 9.60. The van der Waals surface area contributed by atoms with E-state index in [1.807, 2.05) is 74.0 Å². The van der Waals surface area contributed by atoms with Crippen molar-refractivity contribution in [2.75, 3.05) is 0 Å². The molecule has 0 saturated heterocycles. The predicted molar refractivity (Wildman–Crippen MR) is 274 cm³/mol. The quantitative estimate of drug-likeness (QED) is 0.174. The van der Waals surface area contributed by atoms with Crippen molar-refractivity contribution in [2.45, 2.75) is 85.5 Å². The van der Waals surface area contributed by atoms with Crippen LogP contribution in [0.3, 0.4) is 0 Å². The first kappa shape index (κ1) is 32.6. The monoisotopic (exact) mass is 860 g/mol. The largest absolute Gasteiger partial charge is 0.507 e. The van der Waals surface area contributed by atoms with Gasteiger partial charge in [-0.25, -0.2) is 4.98 Å². The summed E-state index contributed by atoms with van der Waals surface area (Å²) in [5.74, 6) is 0.278. The molecule has 2 heterocycles. The minimum atomic E-state index is -0.594. The molecule has 1 N–H and O–H groups in total. The second-order valence-corrected chi connectivity index (χ2v) is 19.9. The Morgan fingerprint density at radius 2 is 1.14 bits per heavy atom. The summed E-state index contributed by atoms with van der Waals surface area (Å²) >= 11 is 0. The van der Waals surface area contributed by atoms with E-state index in [0.29, 0.717) is 27.8 Å². The molecule has 0 atom stereocenters. The van der Waals surface area contributed by atoms with Crippen LogP contribution < -0.4 is 0 Å². The second-order valence-electron chi connectivity index (χ2n) is 19.9. The number of pyridine rings is 1. The summed E-state index contributed by atoms with van der Waals surface area (Å²) in [4.78, 5) is 10.4. The summed E-state index contributed by atoms with van der Waals surface area (Å²) < 4.78 is 90.0. The molecule has 0 fully saturated rings. The number of rotatable bonds is 7. The van der Waals surface area contributed by atoms with Crippen LogP contribution in [0, 0.1) is 6.92 Å². The average molecular weight is 860 g/mol. The van der Waals surface area contributed by atoms with Crippen molar-refractivity contribution < 1.29 is 18.8 Å². The number of phenols is 1. The van der Waals surface area contributed by atoms with Crippen LogP contribution in [0.15, 0.2) is 170 Å². The van der Waals surface area contributed by atoms with Gasteiger partial charge in [0, 0.05) is 28.5 Å². The van der Waals surface area contributed by atoms with Crippen LogP contribution in [-0.2, 0) is 16.2 Å². The number of aryl methyl sites for hydroxylation is 1. The SMILES string of the molecule is [2H]c1c([2H])c([2H])c(-c2ccc(-n3c(-c4cc(C(C)(C)C)cc(C(C)(C)C)c4O)nc4c(-c5cc(-c6cc(-c7cccc(C)c7)ccn6)cc(C(C)(C)C)c5)cccc43)c(-c3c([2H])c([2H])c([2H])c([2H])c3[2H])c2)c([2H])c1[2H]. The molecule has 9 aromatic rings. The van der Waals surface area contributed by atoms with Gasteiger partial charge in [-0.05, 0) is 116 Å². The Morgan fingerprint density at radius 1 is 0.508 bits per heavy atom. The third-order valence-corrected chi connectivity index (χ3v) is 12.0. The van der Waals surface area contributed by atoms with E-state index in [9.17, 15) is 7.85 Å². The molecule has 4 nitrogen and oxygen atoms in total. The van der Waals surface area contributed by atoms with Crippen molar-refractivity contribution in [3.63, 3.8) is 0 Å². The Labute approximate surface area is 399 Å². The number of imidazole rings is 1. The fraction of sp³-hybridized carbons (Fsp3) is 0.213. The lowest BCUT2D eigenvalue weighted by Gasteiger charge is -2.27. The number of aromatic hydroxyl groups is 1. The van der Waals surface area contributed by atoms with Gasteiger partial charge in [0.15, 0.2) is 0 Å². The zero-order valence-corrected chi connectivity index (χ0v) is 38.7. The third kappa shape index (κ3) is 8.54. The Kier molecular flexibility index (Phi) is 8.28. The molecule has 2 aromatic heterocycles. The van der Waals surface area contributed by atoms with Gasteiger partial charge in [0.2, 0.25) is 0 Å². The standard InChI is InChI=1S/C61H59N3O/c1-39-19-17-24-42(31-39)44-29-30-62-53(36-44)46-32-45(33-47(34-46)59(2,3)4)49-25-18-26-55-56(49)63-58(51-37-48(60(5,6)7)38-52(57(51)65)61(8,9)10)64(55)54-28-27-43(40-20-13-11-14-21-40)35-50(54)41-22-15-12-16-23-41/h11-38,65H,1-10H3/i11D,12D,13D,14D,15D,16D,20D,21D,22D,23D. The Morgan fingerprint density at radius 3 is 1.82 bits per heavy atom. The van der Waals surface area contributed by atoms with E-state index in [1.54, 1.807) is 12.1 Å². The number of hydrogen-bond acceptors (Lipinski definition) is 3. The van der Waals surface area contributed by atoms with Crippen LogP contribution in [-0.4, -0.2) is 19.6 Å². The van der Waals surface area contributed by atoms with Crippen molar-refractivity contribution >= 4 is 11.0 Å². The van der Waals surface area contributed by atoms with Crippen molar-refractivity contribution in [3.05, 3.63) is 192 Å². The van der Waals surface area contributed by atoms with E-state index in [1.165, 1.54) is 6.07 Å². The highest BCUT2D eigenvalue weighted by Crippen LogP contribution is 2.46. The number of fused-ring (bicyclic) bond motifs is 1. The van der Waals surface area contributed by atoms with Crippen LogP contribution in [0.25, 0.3) is 83.9 Å². The van der Waals surface area contributed by atoms with Gasteiger partial charge in [-0.1, -0.05) is 183 Å². The van der Waals surface area contributed by atoms with Crippen molar-refractivity contribution in [2.24, 2.45) is 0 Å². The molecule has 0 spiro atoms. The molecule has 0 unspecified atom stereocenters. The van der Waals surface area contributed by atoms with E-state index in [0.717, 1.165) is 50.2 Å². The molecule has 65 heavy (non-hydrogen) atoms. The lowest BCUT2D eigenvalue weighted by Crippen LogP contribution is -2.17. The zero-order chi connectivity index (χ0) is 54.5. The first-order valence-electron chi connectivity index (χ1n) is 27.0. The molecular formula is C61H59N3O. The molecule has 7 aromatic carbocycles. The number of aromatic nitrogens is 3. The van der Waals surface area contributed by atoms with Crippen molar-refractivity contribution in [1.82, 2.24) is 14.5 Å². The van der Waals surface area contributed by atoms with Crippen LogP contribution in [0.5, 0.6) is 5.75 Å². The summed E-state index contributed by atoms with van der Waals surface area (Å²) in [6.07, 6.45) is 1.82. The molecule has 4 heteroatoms. The van der Waals surface area contributed by atoms with Gasteiger partial charge in [-0.15, -0.1) is 0 Å². The smallest absolute Gasteiger partial charge is 0.149 e. The normalized spacial score (nSPS) is 14.4. The lowest BCUT2D eigenvalue weighted by atomic mass is 9.79. The number of phenolic OH excluding ortho intramolecular Hbond substituents is 1. The third-order valence-electron chi connectivity index (χ3n) is 12.0. The molecule has 0 aliphatic heterocycles. The number of benzene rings is 7. The molecule has 0 saturated carbocycles. The first-order chi connectivity index (χ1) is 35.1. The number of hydrogen-bond donors (Lipinski definition) is 1. The fourth-order valence-electron chi connectivity index (χ4n) is 8.39. The maximum Gasteiger partial charge on any atom is 0.149 e. The lowest BCUT2D eigenvalue weighted by molar-refractivity contribution is 0.446. The van der Waals surface area contributed by atoms with E-state index in [-0.39, 0.29) is 39.2 Å². The first-order valence-corrected chi connectivity index (χ1v) is 22.0. The van der Waals surface area contributed by atoms with Gasteiger partial charge >= 0.3 is 0 Å². The van der Waals surface area contributed by atoms with Crippen molar-refractivity contribution in [3.8, 4) is 78.6 Å². The second kappa shape index (κ2) is 16.5. The van der Waals surface area contributed by atoms with Gasteiger partial charge < -0.3 is 5.11 Å². The highest BCUT2D eigenvalue weighted by molar-refractivity contribution is 5.98. The molecule has 0 amide bonds. The topological polar surface area (TPSA) is 50.9 Å². The molecule has 0 radical (unpaired) electrons. The molecule has 0 aliphatic carbocycles. The van der Waals surface area contributed by atoms with Gasteiger partial charge in [0.25, 0.3) is 0 Å². The molecule has 0 aliphatic rings. The predicted octanol–water partition coefficient (Wildman–Crippen LogP) is 16.3. The molecular weight excluding hydrogens is 791 g/mol. The fourth-order valence-corrected chi connectivity index (χ4v) is 8.39. The molecule has 9 rings (SSSR count). The van der Waals surface area contributed by atoms with Crippen molar-refractivity contribution in [1.29, 1.82) is 0 Å². The molecule has 0 bridgehead atoms. The summed E-state index contributed by atoms with van der Waals surface area (Å²) in [6.45, 7) is 20.9. The summed E-state index contributed by atoms with van der Waals surface area (Å²) in [6, 6.07) is 28.0. The van der Waals surface area contributed by atoms with E-state index in [2.05, 4.69) is 90.9 Å². The van der Waals surface area contributed by atoms with Gasteiger partial charge in [0.05, 0.1) is 41.7 Å². The number of nitrogens with zero attached hydrogens (tertiary/aromatic N) is 3. The summed E-state index contributed by atoms with van der Waals surface area (Å²) in [7, 11) is 0. The highest BCUT2D eigenvalue weighted by Gasteiger charge is 2.30. The Hall–Kier alpha value is -7.04. The van der Waals surface area contributed by atoms with E-state index >= 15 is 0 Å². The van der Waals surface area contributed by atoms with Crippen LogP contribution >= 0.6 is 0 Å². The van der Waals surface area contributed by atoms with Gasteiger partial charge in [0.1, 0.15) is 11.6 Å². The van der Waals surface area contributed by atoms with Crippen LogP contribution in [0.1, 0.15) is 98.3 Å². The minimum absolute atomic E-state index is 0.00898. The van der Waals surface area contributed by atoms with Crippen LogP contribution in [0.4, 0.5) is 0 Å². The van der Waals surface area contributed by atoms with Gasteiger partial charge in [-0.2, -0.15) is 0 Å². The average Bonchev–Trinajstić information content (AvgIpc) is 3.77. The van der Waals surface area contributed by atoms with E-state index in [4.69, 9.17) is 20.9 Å². The maximum atomic E-state index is 12.7. The maximum absolute atomic E-state index is 12.7. The van der Waals surface area contributed by atoms with E-state index < -0.39 is 71.3 Å². The van der Waals surface area contributed by atoms with Crippen LogP contribution in [0.2, 0.25) is 0 Å². The Balaban J connectivity index is 1.43. The number of para-hydroxylation sites is 1. The zero-order valence-electron chi connectivity index (χ0n) is 48.7. The minimum Gasteiger partial charge on any atom is -0.507 e. The Bertz CT molecular complexity index is 3760.